The molecule has 0 saturated carbocycles. The average molecular weight is 274 g/mol. The molecule has 1 aromatic carbocycles. The van der Waals surface area contributed by atoms with Crippen LogP contribution in [0, 0.1) is 0 Å². The molecule has 1 fully saturated rings. The highest BCUT2D eigenvalue weighted by Gasteiger charge is 2.25. The van der Waals surface area contributed by atoms with Gasteiger partial charge in [-0.05, 0) is 57.9 Å². The van der Waals surface area contributed by atoms with Crippen LogP contribution in [-0.2, 0) is 6.42 Å². The first-order valence-corrected chi connectivity index (χ1v) is 8.26. The van der Waals surface area contributed by atoms with E-state index >= 15 is 0 Å². The van der Waals surface area contributed by atoms with Crippen LogP contribution in [0.5, 0.6) is 0 Å². The number of rotatable bonds is 6. The maximum absolute atomic E-state index is 2.67. The fraction of sp³-hybridized carbons (Fsp3) is 0.667. The first-order valence-electron chi connectivity index (χ1n) is 8.26. The molecule has 1 unspecified atom stereocenters. The van der Waals surface area contributed by atoms with E-state index in [1.807, 2.05) is 0 Å². The van der Waals surface area contributed by atoms with Crippen molar-refractivity contribution < 1.29 is 0 Å². The van der Waals surface area contributed by atoms with Gasteiger partial charge in [0.1, 0.15) is 0 Å². The summed E-state index contributed by atoms with van der Waals surface area (Å²) in [5.41, 5.74) is 1.46. The summed E-state index contributed by atoms with van der Waals surface area (Å²) < 4.78 is 0. The van der Waals surface area contributed by atoms with Gasteiger partial charge in [0, 0.05) is 12.1 Å². The van der Waals surface area contributed by atoms with E-state index in [0.29, 0.717) is 6.04 Å². The highest BCUT2D eigenvalue weighted by molar-refractivity contribution is 5.15. The van der Waals surface area contributed by atoms with E-state index in [1.165, 1.54) is 51.0 Å². The number of benzene rings is 1. The van der Waals surface area contributed by atoms with Crippen molar-refractivity contribution in [2.45, 2.75) is 52.1 Å². The zero-order chi connectivity index (χ0) is 14.4. The fourth-order valence-corrected chi connectivity index (χ4v) is 3.52. The minimum Gasteiger partial charge on any atom is -0.301 e. The zero-order valence-electron chi connectivity index (χ0n) is 13.4. The van der Waals surface area contributed by atoms with Crippen LogP contribution in [0.3, 0.4) is 0 Å². The van der Waals surface area contributed by atoms with Crippen LogP contribution >= 0.6 is 0 Å². The standard InChI is InChI=1S/C18H30N2/c1-4-19(5-2)18-11-13-20(14-12-18)16(3)15-17-9-7-6-8-10-17/h6-10,16,18H,4-5,11-15H2,1-3H3. The third-order valence-electron chi connectivity index (χ3n) is 4.83. The number of likely N-dealkylation sites (tertiary alicyclic amines) is 1. The molecule has 0 aliphatic carbocycles. The van der Waals surface area contributed by atoms with E-state index in [0.717, 1.165) is 6.04 Å². The Balaban J connectivity index is 1.81. The summed E-state index contributed by atoms with van der Waals surface area (Å²) in [5, 5.41) is 0. The van der Waals surface area contributed by atoms with E-state index in [2.05, 4.69) is 60.9 Å². The van der Waals surface area contributed by atoms with Gasteiger partial charge in [0.05, 0.1) is 0 Å². The van der Waals surface area contributed by atoms with Crippen molar-refractivity contribution in [2.24, 2.45) is 0 Å². The lowest BCUT2D eigenvalue weighted by molar-refractivity contribution is 0.0939. The normalized spacial score (nSPS) is 19.4. The first kappa shape index (κ1) is 15.5. The van der Waals surface area contributed by atoms with Crippen molar-refractivity contribution in [1.82, 2.24) is 9.80 Å². The molecule has 1 saturated heterocycles. The molecule has 1 heterocycles. The smallest absolute Gasteiger partial charge is 0.0119 e. The van der Waals surface area contributed by atoms with Crippen LogP contribution in [-0.4, -0.2) is 48.1 Å². The van der Waals surface area contributed by atoms with Crippen molar-refractivity contribution in [1.29, 1.82) is 0 Å². The van der Waals surface area contributed by atoms with Crippen LogP contribution in [0.4, 0.5) is 0 Å². The van der Waals surface area contributed by atoms with Crippen molar-refractivity contribution in [3.63, 3.8) is 0 Å². The van der Waals surface area contributed by atoms with Gasteiger partial charge in [0.2, 0.25) is 0 Å². The highest BCUT2D eigenvalue weighted by atomic mass is 15.2. The molecule has 0 radical (unpaired) electrons. The summed E-state index contributed by atoms with van der Waals surface area (Å²) >= 11 is 0. The Morgan fingerprint density at radius 3 is 2.25 bits per heavy atom. The second-order valence-electron chi connectivity index (χ2n) is 6.03. The molecule has 2 nitrogen and oxygen atoms in total. The maximum atomic E-state index is 2.67. The molecular formula is C18H30N2. The molecule has 1 aliphatic heterocycles. The van der Waals surface area contributed by atoms with E-state index in [-0.39, 0.29) is 0 Å². The van der Waals surface area contributed by atoms with Crippen molar-refractivity contribution in [3.05, 3.63) is 35.9 Å². The summed E-state index contributed by atoms with van der Waals surface area (Å²) in [6.07, 6.45) is 3.85. The molecule has 2 heteroatoms. The second kappa shape index (κ2) is 7.80. The van der Waals surface area contributed by atoms with Crippen LogP contribution < -0.4 is 0 Å². The van der Waals surface area contributed by atoms with Crippen molar-refractivity contribution >= 4 is 0 Å². The molecule has 2 rings (SSSR count). The summed E-state index contributed by atoms with van der Waals surface area (Å²) in [6.45, 7) is 11.9. The molecule has 0 aromatic heterocycles. The Labute approximate surface area is 124 Å². The Morgan fingerprint density at radius 2 is 1.70 bits per heavy atom. The number of piperidine rings is 1. The van der Waals surface area contributed by atoms with Crippen molar-refractivity contribution in [3.8, 4) is 0 Å². The van der Waals surface area contributed by atoms with Gasteiger partial charge in [-0.3, -0.25) is 0 Å². The molecule has 1 atom stereocenters. The largest absolute Gasteiger partial charge is 0.301 e. The third kappa shape index (κ3) is 4.07. The van der Waals surface area contributed by atoms with Crippen LogP contribution in [0.1, 0.15) is 39.2 Å². The molecule has 0 bridgehead atoms. The van der Waals surface area contributed by atoms with Crippen LogP contribution in [0.15, 0.2) is 30.3 Å². The Kier molecular flexibility index (Phi) is 6.06. The van der Waals surface area contributed by atoms with Gasteiger partial charge < -0.3 is 9.80 Å². The first-order chi connectivity index (χ1) is 9.74. The molecule has 1 aromatic rings. The van der Waals surface area contributed by atoms with E-state index < -0.39 is 0 Å². The van der Waals surface area contributed by atoms with Gasteiger partial charge in [-0.1, -0.05) is 44.2 Å². The highest BCUT2D eigenvalue weighted by Crippen LogP contribution is 2.19. The van der Waals surface area contributed by atoms with Gasteiger partial charge >= 0.3 is 0 Å². The monoisotopic (exact) mass is 274 g/mol. The summed E-state index contributed by atoms with van der Waals surface area (Å²) in [6, 6.07) is 12.4. The molecule has 0 spiro atoms. The Bertz CT molecular complexity index is 364. The Morgan fingerprint density at radius 1 is 1.10 bits per heavy atom. The van der Waals surface area contributed by atoms with Gasteiger partial charge in [0.25, 0.3) is 0 Å². The minimum atomic E-state index is 0.662. The summed E-state index contributed by atoms with van der Waals surface area (Å²) in [7, 11) is 0. The number of nitrogens with zero attached hydrogens (tertiary/aromatic N) is 2. The van der Waals surface area contributed by atoms with Crippen LogP contribution in [0.25, 0.3) is 0 Å². The lowest BCUT2D eigenvalue weighted by Crippen LogP contribution is -2.47. The molecule has 0 N–H and O–H groups in total. The van der Waals surface area contributed by atoms with Crippen LogP contribution in [0.2, 0.25) is 0 Å². The SMILES string of the molecule is CCN(CC)C1CCN(C(C)Cc2ccccc2)CC1. The Hall–Kier alpha value is -0.860. The van der Waals surface area contributed by atoms with Crippen molar-refractivity contribution in [2.75, 3.05) is 26.2 Å². The lowest BCUT2D eigenvalue weighted by Gasteiger charge is -2.40. The maximum Gasteiger partial charge on any atom is 0.0119 e. The van der Waals surface area contributed by atoms with E-state index in [9.17, 15) is 0 Å². The van der Waals surface area contributed by atoms with Gasteiger partial charge in [-0.25, -0.2) is 0 Å². The quantitative estimate of drug-likeness (QED) is 0.784. The molecule has 0 amide bonds. The van der Waals surface area contributed by atoms with Gasteiger partial charge in [-0.2, -0.15) is 0 Å². The number of hydrogen-bond acceptors (Lipinski definition) is 2. The molecule has 1 aliphatic rings. The topological polar surface area (TPSA) is 6.48 Å². The minimum absolute atomic E-state index is 0.662. The van der Waals surface area contributed by atoms with E-state index in [4.69, 9.17) is 0 Å². The zero-order valence-corrected chi connectivity index (χ0v) is 13.4. The molecule has 20 heavy (non-hydrogen) atoms. The second-order valence-corrected chi connectivity index (χ2v) is 6.03. The summed E-state index contributed by atoms with van der Waals surface area (Å²) in [4.78, 5) is 5.30. The number of hydrogen-bond donors (Lipinski definition) is 0. The van der Waals surface area contributed by atoms with Gasteiger partial charge in [0.15, 0.2) is 0 Å². The van der Waals surface area contributed by atoms with E-state index in [1.54, 1.807) is 0 Å². The predicted molar refractivity (Wildman–Crippen MR) is 87.1 cm³/mol. The average Bonchev–Trinajstić information content (AvgIpc) is 2.50. The molecule has 112 valence electrons. The predicted octanol–water partition coefficient (Wildman–Crippen LogP) is 3.42. The van der Waals surface area contributed by atoms with Gasteiger partial charge in [-0.15, -0.1) is 0 Å². The fourth-order valence-electron chi connectivity index (χ4n) is 3.52. The summed E-state index contributed by atoms with van der Waals surface area (Å²) in [5.74, 6) is 0. The lowest BCUT2D eigenvalue weighted by atomic mass is 9.99. The third-order valence-corrected chi connectivity index (χ3v) is 4.83. The molecular weight excluding hydrogens is 244 g/mol.